The SMILES string of the molecule is CC(C)C(=O)N[C@H](C(=O)O)C(C)C. The Morgan fingerprint density at radius 2 is 1.62 bits per heavy atom. The standard InChI is InChI=1S/C9H17NO3/c1-5(2)7(9(12)13)10-8(11)6(3)4/h5-7H,1-4H3,(H,10,11)(H,12,13)/t7-/m0/s1. The van der Waals surface area contributed by atoms with Gasteiger partial charge in [0, 0.05) is 5.92 Å². The minimum absolute atomic E-state index is 0.0970. The Balaban J connectivity index is 4.27. The summed E-state index contributed by atoms with van der Waals surface area (Å²) in [7, 11) is 0. The van der Waals surface area contributed by atoms with E-state index in [0.717, 1.165) is 0 Å². The lowest BCUT2D eigenvalue weighted by atomic mass is 10.0. The van der Waals surface area contributed by atoms with Crippen LogP contribution in [0.3, 0.4) is 0 Å². The molecule has 0 aromatic rings. The summed E-state index contributed by atoms with van der Waals surface area (Å²) in [5, 5.41) is 11.2. The third kappa shape index (κ3) is 3.92. The number of rotatable bonds is 4. The van der Waals surface area contributed by atoms with Crippen LogP contribution in [0.25, 0.3) is 0 Å². The molecule has 2 N–H and O–H groups in total. The van der Waals surface area contributed by atoms with Crippen molar-refractivity contribution in [2.75, 3.05) is 0 Å². The second-order valence-electron chi connectivity index (χ2n) is 3.72. The van der Waals surface area contributed by atoms with Crippen LogP contribution in [-0.4, -0.2) is 23.0 Å². The maximum Gasteiger partial charge on any atom is 0.326 e. The first-order chi connectivity index (χ1) is 5.86. The van der Waals surface area contributed by atoms with Gasteiger partial charge in [-0.15, -0.1) is 0 Å². The first-order valence-corrected chi connectivity index (χ1v) is 4.39. The summed E-state index contributed by atoms with van der Waals surface area (Å²) in [5.74, 6) is -1.48. The Hall–Kier alpha value is -1.06. The summed E-state index contributed by atoms with van der Waals surface area (Å²) in [4.78, 5) is 21.9. The molecule has 0 aliphatic rings. The zero-order chi connectivity index (χ0) is 10.6. The van der Waals surface area contributed by atoms with E-state index in [0.29, 0.717) is 0 Å². The van der Waals surface area contributed by atoms with Crippen LogP contribution in [0, 0.1) is 11.8 Å². The van der Waals surface area contributed by atoms with E-state index in [9.17, 15) is 9.59 Å². The number of carbonyl (C=O) groups excluding carboxylic acids is 1. The minimum Gasteiger partial charge on any atom is -0.480 e. The van der Waals surface area contributed by atoms with Crippen LogP contribution in [0.4, 0.5) is 0 Å². The Morgan fingerprint density at radius 3 is 1.85 bits per heavy atom. The van der Waals surface area contributed by atoms with Gasteiger partial charge in [0.1, 0.15) is 6.04 Å². The van der Waals surface area contributed by atoms with Gasteiger partial charge in [-0.05, 0) is 5.92 Å². The molecule has 76 valence electrons. The van der Waals surface area contributed by atoms with Crippen molar-refractivity contribution in [3.05, 3.63) is 0 Å². The predicted octanol–water partition coefficient (Wildman–Crippen LogP) is 0.868. The van der Waals surface area contributed by atoms with Gasteiger partial charge in [-0.3, -0.25) is 4.79 Å². The van der Waals surface area contributed by atoms with Crippen molar-refractivity contribution in [1.29, 1.82) is 0 Å². The molecule has 0 saturated heterocycles. The van der Waals surface area contributed by atoms with Crippen molar-refractivity contribution in [3.63, 3.8) is 0 Å². The number of carbonyl (C=O) groups is 2. The van der Waals surface area contributed by atoms with Crippen molar-refractivity contribution < 1.29 is 14.7 Å². The number of nitrogens with one attached hydrogen (secondary N) is 1. The molecule has 0 aromatic carbocycles. The summed E-state index contributed by atoms with van der Waals surface area (Å²) in [6, 6.07) is -0.782. The van der Waals surface area contributed by atoms with Gasteiger partial charge in [-0.25, -0.2) is 4.79 Å². The molecule has 0 bridgehead atoms. The fourth-order valence-electron chi connectivity index (χ4n) is 0.833. The Kier molecular flexibility index (Phi) is 4.45. The number of aliphatic carboxylic acids is 1. The lowest BCUT2D eigenvalue weighted by Gasteiger charge is -2.18. The summed E-state index contributed by atoms with van der Waals surface area (Å²) in [6.07, 6.45) is 0. The second-order valence-corrected chi connectivity index (χ2v) is 3.72. The fourth-order valence-corrected chi connectivity index (χ4v) is 0.833. The van der Waals surface area contributed by atoms with Gasteiger partial charge in [0.2, 0.25) is 5.91 Å². The highest BCUT2D eigenvalue weighted by molar-refractivity contribution is 5.84. The van der Waals surface area contributed by atoms with Crippen LogP contribution in [0.15, 0.2) is 0 Å². The Morgan fingerprint density at radius 1 is 1.15 bits per heavy atom. The van der Waals surface area contributed by atoms with Crippen molar-refractivity contribution >= 4 is 11.9 Å². The zero-order valence-corrected chi connectivity index (χ0v) is 8.50. The number of amides is 1. The van der Waals surface area contributed by atoms with E-state index in [-0.39, 0.29) is 17.7 Å². The van der Waals surface area contributed by atoms with Gasteiger partial charge in [-0.1, -0.05) is 27.7 Å². The lowest BCUT2D eigenvalue weighted by Crippen LogP contribution is -2.45. The summed E-state index contributed by atoms with van der Waals surface area (Å²) < 4.78 is 0. The number of hydrogen-bond donors (Lipinski definition) is 2. The molecule has 0 spiro atoms. The smallest absolute Gasteiger partial charge is 0.326 e. The van der Waals surface area contributed by atoms with Crippen LogP contribution in [0.5, 0.6) is 0 Å². The maximum absolute atomic E-state index is 11.2. The van der Waals surface area contributed by atoms with Crippen molar-refractivity contribution in [3.8, 4) is 0 Å². The molecule has 1 amide bonds. The molecule has 13 heavy (non-hydrogen) atoms. The third-order valence-electron chi connectivity index (χ3n) is 1.75. The van der Waals surface area contributed by atoms with Gasteiger partial charge < -0.3 is 10.4 Å². The minimum atomic E-state index is -0.982. The van der Waals surface area contributed by atoms with E-state index >= 15 is 0 Å². The van der Waals surface area contributed by atoms with Gasteiger partial charge >= 0.3 is 5.97 Å². The average Bonchev–Trinajstić information content (AvgIpc) is 1.97. The normalized spacial score (nSPS) is 13.1. The number of carboxylic acid groups (broad SMARTS) is 1. The molecule has 0 heterocycles. The van der Waals surface area contributed by atoms with E-state index < -0.39 is 12.0 Å². The van der Waals surface area contributed by atoms with E-state index in [1.54, 1.807) is 27.7 Å². The molecule has 0 radical (unpaired) electrons. The van der Waals surface area contributed by atoms with Crippen molar-refractivity contribution in [2.24, 2.45) is 11.8 Å². The molecule has 0 rings (SSSR count). The monoisotopic (exact) mass is 187 g/mol. The van der Waals surface area contributed by atoms with Crippen LogP contribution in [0.2, 0.25) is 0 Å². The van der Waals surface area contributed by atoms with E-state index in [1.807, 2.05) is 0 Å². The highest BCUT2D eigenvalue weighted by Gasteiger charge is 2.23. The van der Waals surface area contributed by atoms with Crippen LogP contribution in [-0.2, 0) is 9.59 Å². The molecular weight excluding hydrogens is 170 g/mol. The predicted molar refractivity (Wildman–Crippen MR) is 49.2 cm³/mol. The highest BCUT2D eigenvalue weighted by atomic mass is 16.4. The molecule has 0 fully saturated rings. The fraction of sp³-hybridized carbons (Fsp3) is 0.778. The average molecular weight is 187 g/mol. The molecule has 0 saturated carbocycles. The summed E-state index contributed by atoms with van der Waals surface area (Å²) in [6.45, 7) is 6.99. The molecule has 0 unspecified atom stereocenters. The molecule has 1 atom stereocenters. The highest BCUT2D eigenvalue weighted by Crippen LogP contribution is 2.03. The molecule has 0 aliphatic carbocycles. The number of hydrogen-bond acceptors (Lipinski definition) is 2. The van der Waals surface area contributed by atoms with E-state index in [2.05, 4.69) is 5.32 Å². The molecule has 0 aromatic heterocycles. The molecule has 0 aliphatic heterocycles. The topological polar surface area (TPSA) is 66.4 Å². The molecule has 4 nitrogen and oxygen atoms in total. The lowest BCUT2D eigenvalue weighted by molar-refractivity contribution is -0.143. The number of carboxylic acids is 1. The van der Waals surface area contributed by atoms with E-state index in [4.69, 9.17) is 5.11 Å². The van der Waals surface area contributed by atoms with Crippen molar-refractivity contribution in [1.82, 2.24) is 5.32 Å². The first kappa shape index (κ1) is 11.9. The van der Waals surface area contributed by atoms with Crippen molar-refractivity contribution in [2.45, 2.75) is 33.7 Å². The first-order valence-electron chi connectivity index (χ1n) is 4.39. The largest absolute Gasteiger partial charge is 0.480 e. The van der Waals surface area contributed by atoms with Gasteiger partial charge in [0.15, 0.2) is 0 Å². The second kappa shape index (κ2) is 4.84. The zero-order valence-electron chi connectivity index (χ0n) is 8.50. The van der Waals surface area contributed by atoms with Gasteiger partial charge in [0.05, 0.1) is 0 Å². The summed E-state index contributed by atoms with van der Waals surface area (Å²) >= 11 is 0. The Bertz CT molecular complexity index is 199. The van der Waals surface area contributed by atoms with Crippen LogP contribution >= 0.6 is 0 Å². The van der Waals surface area contributed by atoms with Gasteiger partial charge in [-0.2, -0.15) is 0 Å². The van der Waals surface area contributed by atoms with Crippen LogP contribution in [0.1, 0.15) is 27.7 Å². The van der Waals surface area contributed by atoms with Gasteiger partial charge in [0.25, 0.3) is 0 Å². The summed E-state index contributed by atoms with van der Waals surface area (Å²) in [5.41, 5.74) is 0. The quantitative estimate of drug-likeness (QED) is 0.686. The molecular formula is C9H17NO3. The molecule has 4 heteroatoms. The maximum atomic E-state index is 11.2. The Labute approximate surface area is 78.3 Å². The van der Waals surface area contributed by atoms with E-state index in [1.165, 1.54) is 0 Å². The van der Waals surface area contributed by atoms with Crippen LogP contribution < -0.4 is 5.32 Å². The third-order valence-corrected chi connectivity index (χ3v) is 1.75.